The van der Waals surface area contributed by atoms with Crippen molar-refractivity contribution in [2.24, 2.45) is 5.73 Å². The van der Waals surface area contributed by atoms with E-state index < -0.39 is 11.9 Å². The van der Waals surface area contributed by atoms with Gasteiger partial charge in [0.1, 0.15) is 0 Å². The number of hydrogen-bond acceptors (Lipinski definition) is 3. The Labute approximate surface area is 155 Å². The molecule has 130 valence electrons. The van der Waals surface area contributed by atoms with E-state index in [2.05, 4.69) is 21.2 Å². The summed E-state index contributed by atoms with van der Waals surface area (Å²) in [7, 11) is 0. The summed E-state index contributed by atoms with van der Waals surface area (Å²) in [5.74, 6) is -0.575. The van der Waals surface area contributed by atoms with Gasteiger partial charge >= 0.3 is 0 Å². The highest BCUT2D eigenvalue weighted by Gasteiger charge is 2.31. The molecule has 2 aromatic rings. The first-order valence-corrected chi connectivity index (χ1v) is 8.89. The lowest BCUT2D eigenvalue weighted by molar-refractivity contribution is -0.125. The first kappa shape index (κ1) is 17.6. The minimum atomic E-state index is -0.470. The number of rotatable bonds is 4. The topological polar surface area (TPSA) is 75.4 Å². The van der Waals surface area contributed by atoms with Crippen LogP contribution in [0.5, 0.6) is 0 Å². The van der Waals surface area contributed by atoms with Crippen LogP contribution < -0.4 is 11.1 Å². The van der Waals surface area contributed by atoms with Gasteiger partial charge in [-0.05, 0) is 58.1 Å². The van der Waals surface area contributed by atoms with Gasteiger partial charge in [0.2, 0.25) is 11.8 Å². The number of amides is 2. The molecule has 0 aromatic heterocycles. The number of fused-ring (bicyclic) bond motifs is 1. The van der Waals surface area contributed by atoms with Crippen molar-refractivity contribution in [2.75, 3.05) is 11.9 Å². The van der Waals surface area contributed by atoms with Crippen molar-refractivity contribution in [2.45, 2.75) is 25.9 Å². The van der Waals surface area contributed by atoms with Gasteiger partial charge in [0.15, 0.2) is 0 Å². The molecule has 3 N–H and O–H groups in total. The van der Waals surface area contributed by atoms with Crippen LogP contribution in [0.2, 0.25) is 0 Å². The fraction of sp³-hybridized carbons (Fsp3) is 0.263. The Balaban J connectivity index is 1.74. The lowest BCUT2D eigenvalue weighted by Gasteiger charge is -2.34. The molecule has 0 saturated carbocycles. The average Bonchev–Trinajstić information content (AvgIpc) is 2.56. The summed E-state index contributed by atoms with van der Waals surface area (Å²) in [6, 6.07) is 13.2. The van der Waals surface area contributed by atoms with Crippen molar-refractivity contribution >= 4 is 33.4 Å². The van der Waals surface area contributed by atoms with Gasteiger partial charge in [0.25, 0.3) is 0 Å². The Morgan fingerprint density at radius 1 is 1.24 bits per heavy atom. The smallest absolute Gasteiger partial charge is 0.238 e. The molecular weight excluding hydrogens is 382 g/mol. The summed E-state index contributed by atoms with van der Waals surface area (Å²) in [6.07, 6.45) is 0.535. The fourth-order valence-electron chi connectivity index (χ4n) is 3.12. The van der Waals surface area contributed by atoms with Crippen molar-refractivity contribution in [1.29, 1.82) is 0 Å². The number of primary amides is 1. The number of nitrogens with two attached hydrogens (primary N) is 1. The number of nitrogens with one attached hydrogen (secondary N) is 1. The zero-order valence-corrected chi connectivity index (χ0v) is 15.5. The third-order valence-corrected chi connectivity index (χ3v) is 5.08. The number of aryl methyl sites for hydroxylation is 1. The Morgan fingerprint density at radius 2 is 1.96 bits per heavy atom. The van der Waals surface area contributed by atoms with Crippen LogP contribution in [0.4, 0.5) is 5.69 Å². The predicted octanol–water partition coefficient (Wildman–Crippen LogP) is 2.61. The quantitative estimate of drug-likeness (QED) is 0.826. The Kier molecular flexibility index (Phi) is 5.20. The van der Waals surface area contributed by atoms with Gasteiger partial charge in [0.05, 0.1) is 18.3 Å². The van der Waals surface area contributed by atoms with Crippen LogP contribution in [0.15, 0.2) is 46.9 Å². The highest BCUT2D eigenvalue weighted by Crippen LogP contribution is 2.25. The highest BCUT2D eigenvalue weighted by atomic mass is 79.9. The molecule has 2 aromatic carbocycles. The van der Waals surface area contributed by atoms with E-state index in [1.807, 2.05) is 54.3 Å². The van der Waals surface area contributed by atoms with E-state index in [1.54, 1.807) is 0 Å². The minimum absolute atomic E-state index is 0.113. The first-order chi connectivity index (χ1) is 11.9. The third-order valence-electron chi connectivity index (χ3n) is 4.42. The molecule has 0 fully saturated rings. The Bertz CT molecular complexity index is 822. The molecule has 25 heavy (non-hydrogen) atoms. The molecule has 1 aliphatic rings. The second-order valence-electron chi connectivity index (χ2n) is 6.33. The zero-order chi connectivity index (χ0) is 18.0. The molecule has 6 heteroatoms. The Morgan fingerprint density at radius 3 is 2.64 bits per heavy atom. The van der Waals surface area contributed by atoms with Gasteiger partial charge in [-0.15, -0.1) is 0 Å². The second kappa shape index (κ2) is 7.37. The van der Waals surface area contributed by atoms with E-state index in [0.717, 1.165) is 21.2 Å². The molecule has 1 atom stereocenters. The van der Waals surface area contributed by atoms with E-state index in [-0.39, 0.29) is 12.5 Å². The molecule has 1 aliphatic heterocycles. The lowest BCUT2D eigenvalue weighted by atomic mass is 9.93. The molecule has 0 unspecified atom stereocenters. The van der Waals surface area contributed by atoms with E-state index in [1.165, 1.54) is 0 Å². The normalized spacial score (nSPS) is 17.0. The van der Waals surface area contributed by atoms with Crippen LogP contribution in [0, 0.1) is 6.92 Å². The van der Waals surface area contributed by atoms with Crippen LogP contribution in [0.3, 0.4) is 0 Å². The van der Waals surface area contributed by atoms with E-state index in [0.29, 0.717) is 18.7 Å². The highest BCUT2D eigenvalue weighted by molar-refractivity contribution is 9.10. The first-order valence-electron chi connectivity index (χ1n) is 8.10. The van der Waals surface area contributed by atoms with Crippen LogP contribution >= 0.6 is 15.9 Å². The molecular formula is C19H20BrN3O2. The summed E-state index contributed by atoms with van der Waals surface area (Å²) in [6.45, 7) is 2.63. The number of carbonyl (C=O) groups excluding carboxylic acids is 2. The van der Waals surface area contributed by atoms with E-state index in [9.17, 15) is 9.59 Å². The van der Waals surface area contributed by atoms with Crippen molar-refractivity contribution in [3.63, 3.8) is 0 Å². The predicted molar refractivity (Wildman–Crippen MR) is 101 cm³/mol. The Hall–Kier alpha value is -2.18. The molecule has 3 rings (SSSR count). The summed E-state index contributed by atoms with van der Waals surface area (Å²) in [4.78, 5) is 26.2. The number of anilines is 1. The summed E-state index contributed by atoms with van der Waals surface area (Å²) >= 11 is 3.45. The van der Waals surface area contributed by atoms with Gasteiger partial charge in [-0.25, -0.2) is 0 Å². The van der Waals surface area contributed by atoms with Crippen molar-refractivity contribution < 1.29 is 9.59 Å². The molecule has 1 heterocycles. The minimum Gasteiger partial charge on any atom is -0.368 e. The second-order valence-corrected chi connectivity index (χ2v) is 7.18. The van der Waals surface area contributed by atoms with Gasteiger partial charge < -0.3 is 11.1 Å². The van der Waals surface area contributed by atoms with Gasteiger partial charge in [-0.2, -0.15) is 0 Å². The molecule has 2 amide bonds. The number of benzene rings is 2. The summed E-state index contributed by atoms with van der Waals surface area (Å²) in [5, 5.41) is 2.89. The summed E-state index contributed by atoms with van der Waals surface area (Å²) in [5.41, 5.74) is 9.62. The number of carbonyl (C=O) groups is 2. The van der Waals surface area contributed by atoms with Gasteiger partial charge in [-0.1, -0.05) is 30.3 Å². The number of nitrogens with zero attached hydrogens (tertiary/aromatic N) is 1. The van der Waals surface area contributed by atoms with E-state index >= 15 is 0 Å². The van der Waals surface area contributed by atoms with Crippen molar-refractivity contribution in [3.05, 3.63) is 63.6 Å². The zero-order valence-electron chi connectivity index (χ0n) is 14.0. The van der Waals surface area contributed by atoms with Crippen molar-refractivity contribution in [1.82, 2.24) is 4.90 Å². The van der Waals surface area contributed by atoms with Crippen LogP contribution in [0.1, 0.15) is 16.7 Å². The molecule has 5 nitrogen and oxygen atoms in total. The van der Waals surface area contributed by atoms with Gasteiger partial charge in [0, 0.05) is 11.0 Å². The van der Waals surface area contributed by atoms with Gasteiger partial charge in [-0.3, -0.25) is 14.5 Å². The standard InChI is InChI=1S/C19H20BrN3O2/c1-12-6-7-16(15(20)8-12)22-18(24)11-23-10-14-5-3-2-4-13(14)9-17(23)19(21)25/h2-8,17H,9-11H2,1H3,(H2,21,25)(H,22,24)/t17-/m0/s1. The average molecular weight is 402 g/mol. The fourth-order valence-corrected chi connectivity index (χ4v) is 3.71. The molecule has 0 aliphatic carbocycles. The maximum absolute atomic E-state index is 12.5. The lowest BCUT2D eigenvalue weighted by Crippen LogP contribution is -2.50. The molecule has 0 spiro atoms. The van der Waals surface area contributed by atoms with Crippen LogP contribution in [-0.2, 0) is 22.6 Å². The van der Waals surface area contributed by atoms with Crippen LogP contribution in [0.25, 0.3) is 0 Å². The molecule has 0 saturated heterocycles. The number of hydrogen-bond donors (Lipinski definition) is 2. The van der Waals surface area contributed by atoms with E-state index in [4.69, 9.17) is 5.73 Å². The third kappa shape index (κ3) is 4.08. The SMILES string of the molecule is Cc1ccc(NC(=O)CN2Cc3ccccc3C[C@H]2C(N)=O)c(Br)c1. The monoisotopic (exact) mass is 401 g/mol. The maximum Gasteiger partial charge on any atom is 0.238 e. The molecule has 0 radical (unpaired) electrons. The number of halogens is 1. The maximum atomic E-state index is 12.5. The van der Waals surface area contributed by atoms with Crippen molar-refractivity contribution in [3.8, 4) is 0 Å². The largest absolute Gasteiger partial charge is 0.368 e. The molecule has 0 bridgehead atoms. The van der Waals surface area contributed by atoms with Crippen LogP contribution in [-0.4, -0.2) is 29.3 Å². The summed E-state index contributed by atoms with van der Waals surface area (Å²) < 4.78 is 0.830.